The second-order valence-corrected chi connectivity index (χ2v) is 26.1. The number of fused-ring (bicyclic) bond motifs is 3. The first-order valence-corrected chi connectivity index (χ1v) is 30.6. The van der Waals surface area contributed by atoms with Crippen LogP contribution in [-0.4, -0.2) is 120 Å². The number of aromatic nitrogens is 3. The SMILES string of the molecule is CCN1C(=CC=CC2=[N+](CCCCCC(=O)NCC#Cc3cn([C@H]4C[C@H](O)[C@@H](COP(=O)(O)OP(=O)(O)OP(=O)(O)O)O4)c4ncnc(N)c34)c3ccc(S(=O)(=O)O)cc3C2(C)C)C(C)(C)c2cc(S(=O)(=O)[O-])ccc21. The van der Waals surface area contributed by atoms with Crippen molar-refractivity contribution in [2.24, 2.45) is 0 Å². The minimum absolute atomic E-state index is 0.0453. The second-order valence-electron chi connectivity index (χ2n) is 18.8. The summed E-state index contributed by atoms with van der Waals surface area (Å²) in [7, 11) is -26.1. The van der Waals surface area contributed by atoms with Crippen molar-refractivity contribution in [1.82, 2.24) is 19.9 Å². The van der Waals surface area contributed by atoms with Gasteiger partial charge in [0.05, 0.1) is 45.4 Å². The fourth-order valence-electron chi connectivity index (χ4n) is 9.47. The molecule has 4 aromatic rings. The van der Waals surface area contributed by atoms with E-state index in [0.717, 1.165) is 22.8 Å². The van der Waals surface area contributed by atoms with Crippen molar-refractivity contribution in [2.45, 2.75) is 106 Å². The van der Waals surface area contributed by atoms with Crippen LogP contribution in [0.25, 0.3) is 11.0 Å². The quantitative estimate of drug-likeness (QED) is 0.0198. The third-order valence-corrected chi connectivity index (χ3v) is 18.5. The van der Waals surface area contributed by atoms with Crippen molar-refractivity contribution in [1.29, 1.82) is 0 Å². The highest BCUT2D eigenvalue weighted by Gasteiger charge is 2.46. The molecule has 0 radical (unpaired) electrons. The number of hydrogen-bond donors (Lipinski definition) is 8. The summed E-state index contributed by atoms with van der Waals surface area (Å²) in [4.78, 5) is 59.5. The van der Waals surface area contributed by atoms with Gasteiger partial charge in [-0.25, -0.2) is 32.1 Å². The van der Waals surface area contributed by atoms with E-state index in [1.807, 2.05) is 52.8 Å². The van der Waals surface area contributed by atoms with Crippen LogP contribution in [0, 0.1) is 11.8 Å². The molecule has 0 aliphatic carbocycles. The highest BCUT2D eigenvalue weighted by Crippen LogP contribution is 2.66. The van der Waals surface area contributed by atoms with Gasteiger partial charge < -0.3 is 54.5 Å². The van der Waals surface area contributed by atoms with Crippen LogP contribution in [0.3, 0.4) is 0 Å². The van der Waals surface area contributed by atoms with E-state index in [9.17, 15) is 59.3 Å². The number of allylic oxidation sites excluding steroid dienone is 4. The molecule has 1 saturated heterocycles. The number of carbonyl (C=O) groups is 1. The van der Waals surface area contributed by atoms with Gasteiger partial charge >= 0.3 is 23.5 Å². The molecule has 76 heavy (non-hydrogen) atoms. The van der Waals surface area contributed by atoms with E-state index >= 15 is 0 Å². The smallest absolute Gasteiger partial charge is 0.490 e. The topological polar surface area (TPSA) is 393 Å². The number of phosphoric acid groups is 3. The molecule has 0 spiro atoms. The summed E-state index contributed by atoms with van der Waals surface area (Å²) in [5.74, 6) is 5.58. The zero-order valence-electron chi connectivity index (χ0n) is 41.4. The van der Waals surface area contributed by atoms with Gasteiger partial charge in [-0.3, -0.25) is 13.9 Å². The Labute approximate surface area is 437 Å². The van der Waals surface area contributed by atoms with Crippen LogP contribution in [0.15, 0.2) is 82.6 Å². The average molecular weight is 1160 g/mol. The van der Waals surface area contributed by atoms with Crippen LogP contribution in [-0.2, 0) is 67.4 Å². The Morgan fingerprint density at radius 1 is 0.987 bits per heavy atom. The van der Waals surface area contributed by atoms with E-state index in [0.29, 0.717) is 54.4 Å². The number of anilines is 2. The molecule has 3 aliphatic rings. The van der Waals surface area contributed by atoms with Crippen LogP contribution in [0.4, 0.5) is 17.2 Å². The number of rotatable bonds is 20. The summed E-state index contributed by atoms with van der Waals surface area (Å²) in [5, 5.41) is 13.8. The molecule has 7 rings (SSSR count). The molecule has 0 bridgehead atoms. The van der Waals surface area contributed by atoms with Gasteiger partial charge in [0, 0.05) is 66.5 Å². The summed E-state index contributed by atoms with van der Waals surface area (Å²) in [6.45, 7) is 9.85. The van der Waals surface area contributed by atoms with Gasteiger partial charge in [-0.2, -0.15) is 21.6 Å². The number of aliphatic hydroxyl groups is 1. The summed E-state index contributed by atoms with van der Waals surface area (Å²) in [6.07, 6.45) is 6.59. The number of nitrogen functional groups attached to an aromatic ring is 1. The fourth-order valence-corrected chi connectivity index (χ4v) is 13.5. The lowest BCUT2D eigenvalue weighted by Gasteiger charge is -2.25. The van der Waals surface area contributed by atoms with Crippen LogP contribution >= 0.6 is 23.5 Å². The van der Waals surface area contributed by atoms with Gasteiger partial charge in [-0.05, 0) is 75.6 Å². The number of phosphoric ester groups is 1. The van der Waals surface area contributed by atoms with Gasteiger partial charge in [-0.15, -0.1) is 0 Å². The van der Waals surface area contributed by atoms with E-state index in [4.69, 9.17) is 20.3 Å². The highest BCUT2D eigenvalue weighted by atomic mass is 32.2. The Kier molecular flexibility index (Phi) is 17.0. The molecule has 2 unspecified atom stereocenters. The van der Waals surface area contributed by atoms with E-state index in [-0.39, 0.29) is 46.5 Å². The monoisotopic (exact) mass is 1160 g/mol. The van der Waals surface area contributed by atoms with Gasteiger partial charge in [0.1, 0.15) is 46.8 Å². The molecule has 2 aromatic carbocycles. The molecule has 1 amide bonds. The van der Waals surface area contributed by atoms with Crippen molar-refractivity contribution in [3.05, 3.63) is 89.5 Å². The number of benzene rings is 2. The minimum Gasteiger partial charge on any atom is -0.744 e. The summed E-state index contributed by atoms with van der Waals surface area (Å²) in [5.41, 5.74) is 9.94. The summed E-state index contributed by atoms with van der Waals surface area (Å²) >= 11 is 0. The molecule has 31 heteroatoms. The number of hydrogen-bond acceptors (Lipinski definition) is 18. The third kappa shape index (κ3) is 13.1. The predicted octanol–water partition coefficient (Wildman–Crippen LogP) is 4.52. The summed E-state index contributed by atoms with van der Waals surface area (Å²) < 4.78 is 126. The maximum atomic E-state index is 13.0. The number of aliphatic hydroxyl groups excluding tert-OH is 1. The van der Waals surface area contributed by atoms with E-state index < -0.39 is 79.6 Å². The van der Waals surface area contributed by atoms with Crippen molar-refractivity contribution >= 4 is 83.5 Å². The Bertz CT molecular complexity index is 3510. The first-order valence-electron chi connectivity index (χ1n) is 23.3. The summed E-state index contributed by atoms with van der Waals surface area (Å²) in [6, 6.07) is 8.84. The fraction of sp³-hybridized carbons (Fsp3) is 0.422. The normalized spacial score (nSPS) is 21.4. The number of amides is 1. The number of nitrogens with two attached hydrogens (primary N) is 1. The molecular weight excluding hydrogens is 1100 g/mol. The molecule has 2 aromatic heterocycles. The number of likely N-dealkylation sites (N-methyl/N-ethyl adjacent to an activating group) is 1. The first-order chi connectivity index (χ1) is 35.2. The lowest BCUT2D eigenvalue weighted by atomic mass is 9.81. The van der Waals surface area contributed by atoms with Gasteiger partial charge in [-0.1, -0.05) is 31.8 Å². The van der Waals surface area contributed by atoms with Crippen molar-refractivity contribution in [2.75, 3.05) is 36.9 Å². The van der Waals surface area contributed by atoms with Gasteiger partial charge in [0.25, 0.3) is 10.1 Å². The maximum absolute atomic E-state index is 13.0. The Hall–Kier alpha value is -5.01. The maximum Gasteiger partial charge on any atom is 0.490 e. The zero-order chi connectivity index (χ0) is 56.0. The van der Waals surface area contributed by atoms with Gasteiger partial charge in [0.15, 0.2) is 5.71 Å². The number of unbranched alkanes of at least 4 members (excludes halogenated alkanes) is 2. The van der Waals surface area contributed by atoms with E-state index in [2.05, 4.69) is 49.7 Å². The van der Waals surface area contributed by atoms with Crippen LogP contribution in [0.5, 0.6) is 0 Å². The molecule has 9 N–H and O–H groups in total. The molecule has 3 aliphatic heterocycles. The first kappa shape index (κ1) is 58.7. The van der Waals surface area contributed by atoms with E-state index in [1.165, 1.54) is 41.4 Å². The molecule has 0 saturated carbocycles. The Morgan fingerprint density at radius 2 is 1.68 bits per heavy atom. The molecular formula is C45H56N7O19P3S2. The van der Waals surface area contributed by atoms with Crippen molar-refractivity contribution in [3.8, 4) is 11.8 Å². The van der Waals surface area contributed by atoms with Crippen LogP contribution < -0.4 is 16.0 Å². The van der Waals surface area contributed by atoms with Crippen LogP contribution in [0.1, 0.15) is 89.6 Å². The van der Waals surface area contributed by atoms with Crippen molar-refractivity contribution in [3.63, 3.8) is 0 Å². The molecule has 1 fully saturated rings. The number of ether oxygens (including phenoxy) is 1. The van der Waals surface area contributed by atoms with E-state index in [1.54, 1.807) is 12.1 Å². The number of nitrogens with one attached hydrogen (secondary N) is 1. The van der Waals surface area contributed by atoms with Crippen molar-refractivity contribution < 1.29 is 91.6 Å². The lowest BCUT2D eigenvalue weighted by molar-refractivity contribution is -0.438. The molecule has 5 heterocycles. The average Bonchev–Trinajstić information content (AvgIpc) is 3.98. The lowest BCUT2D eigenvalue weighted by Crippen LogP contribution is -2.28. The predicted molar refractivity (Wildman–Crippen MR) is 271 cm³/mol. The standard InChI is InChI=1S/C45H56N7O19P3S2/c1-6-50-33-18-16-29(75(62,63)64)22-31(33)44(2,3)37(50)13-10-14-38-45(4,5)32-23-30(76(65,66)67)17-19-34(32)51(38)21-9-7-8-15-39(54)47-20-11-12-28-25-52(43-41(28)42(46)48-27-49-43)40-24-35(53)36(69-40)26-68-73(58,59)71-74(60,61)70-72(55,56)57/h10,13-14,16-19,22-23,25,27,35-36,40,53H,6-9,15,20-21,24,26H2,1-5H3,(H8-,46,47,48,49,54,55,56,57,58,59,60,61,62,63,64,65,66,67)/t35-,36+,40+/m0/s1. The van der Waals surface area contributed by atoms with Gasteiger partial charge in [0.2, 0.25) is 11.6 Å². The van der Waals surface area contributed by atoms with Crippen LogP contribution in [0.2, 0.25) is 0 Å². The minimum atomic E-state index is -5.77. The Balaban J connectivity index is 0.981. The Morgan fingerprint density at radius 3 is 2.36 bits per heavy atom. The second kappa shape index (κ2) is 22.0. The highest BCUT2D eigenvalue weighted by molar-refractivity contribution is 7.86. The number of carbonyl (C=O) groups excluding carboxylic acids is 1. The number of nitrogens with zero attached hydrogens (tertiary/aromatic N) is 5. The largest absolute Gasteiger partial charge is 0.744 e. The molecule has 5 atom stereocenters. The molecule has 26 nitrogen and oxygen atoms in total. The molecule has 412 valence electrons. The third-order valence-electron chi connectivity index (χ3n) is 13.0. The zero-order valence-corrected chi connectivity index (χ0v) is 45.7.